The van der Waals surface area contributed by atoms with Crippen LogP contribution in [0.25, 0.3) is 10.9 Å². The van der Waals surface area contributed by atoms with E-state index in [1.807, 2.05) is 0 Å². The number of halogens is 3. The molecule has 29 heavy (non-hydrogen) atoms. The lowest BCUT2D eigenvalue weighted by atomic mass is 10.1. The molecule has 1 amide bonds. The van der Waals surface area contributed by atoms with Crippen molar-refractivity contribution in [3.63, 3.8) is 0 Å². The molecular formula is C20H17F3N2O4. The van der Waals surface area contributed by atoms with Gasteiger partial charge in [0.15, 0.2) is 0 Å². The van der Waals surface area contributed by atoms with Crippen molar-refractivity contribution in [2.75, 3.05) is 19.1 Å². The van der Waals surface area contributed by atoms with Crippen molar-refractivity contribution in [1.29, 1.82) is 0 Å². The number of benzene rings is 2. The summed E-state index contributed by atoms with van der Waals surface area (Å²) in [6, 6.07) is 8.87. The molecule has 0 unspecified atom stereocenters. The lowest BCUT2D eigenvalue weighted by Gasteiger charge is -2.20. The van der Waals surface area contributed by atoms with E-state index in [0.717, 1.165) is 23.1 Å². The highest BCUT2D eigenvalue weighted by molar-refractivity contribution is 6.11. The van der Waals surface area contributed by atoms with E-state index < -0.39 is 34.5 Å². The zero-order chi connectivity index (χ0) is 21.5. The van der Waals surface area contributed by atoms with Crippen molar-refractivity contribution >= 4 is 22.5 Å². The molecule has 152 valence electrons. The van der Waals surface area contributed by atoms with E-state index in [1.54, 1.807) is 18.2 Å². The molecule has 3 rings (SSSR count). The molecule has 1 aromatic heterocycles. The van der Waals surface area contributed by atoms with Crippen molar-refractivity contribution in [1.82, 2.24) is 4.57 Å². The van der Waals surface area contributed by atoms with E-state index in [0.29, 0.717) is 5.52 Å². The Labute approximate surface area is 163 Å². The average molecular weight is 406 g/mol. The van der Waals surface area contributed by atoms with Gasteiger partial charge in [0.25, 0.3) is 11.5 Å². The second-order valence-corrected chi connectivity index (χ2v) is 6.35. The van der Waals surface area contributed by atoms with Crippen molar-refractivity contribution in [2.24, 2.45) is 7.05 Å². The Hall–Kier alpha value is -3.49. The highest BCUT2D eigenvalue weighted by Gasteiger charge is 2.32. The summed E-state index contributed by atoms with van der Waals surface area (Å²) in [5.41, 5.74) is -2.03. The summed E-state index contributed by atoms with van der Waals surface area (Å²) in [5, 5.41) is 10.8. The van der Waals surface area contributed by atoms with Crippen LogP contribution in [-0.4, -0.2) is 29.7 Å². The Bertz CT molecular complexity index is 1170. The number of amides is 1. The van der Waals surface area contributed by atoms with E-state index in [2.05, 4.69) is 0 Å². The lowest BCUT2D eigenvalue weighted by Crippen LogP contribution is -2.34. The number of hydrogen-bond donors (Lipinski definition) is 1. The van der Waals surface area contributed by atoms with Crippen LogP contribution in [0.3, 0.4) is 0 Å². The Morgan fingerprint density at radius 2 is 1.83 bits per heavy atom. The minimum absolute atomic E-state index is 0.0774. The molecule has 0 spiro atoms. The number of hydrogen-bond acceptors (Lipinski definition) is 4. The molecule has 9 heteroatoms. The van der Waals surface area contributed by atoms with Gasteiger partial charge < -0.3 is 19.3 Å². The molecule has 0 saturated carbocycles. The SMILES string of the molecule is COc1cccc2c1c(O)c(C(=O)N(C)c1cccc(C(F)(F)F)c1)c(=O)n2C. The number of ether oxygens (including phenoxy) is 1. The monoisotopic (exact) mass is 406 g/mol. The third kappa shape index (κ3) is 3.39. The predicted molar refractivity (Wildman–Crippen MR) is 102 cm³/mol. The van der Waals surface area contributed by atoms with Gasteiger partial charge in [-0.25, -0.2) is 0 Å². The molecule has 0 aliphatic heterocycles. The van der Waals surface area contributed by atoms with E-state index in [4.69, 9.17) is 4.74 Å². The number of aromatic hydroxyl groups is 1. The molecule has 0 fully saturated rings. The number of fused-ring (bicyclic) bond motifs is 1. The molecule has 0 saturated heterocycles. The fourth-order valence-corrected chi connectivity index (χ4v) is 3.08. The third-order valence-electron chi connectivity index (χ3n) is 4.66. The number of pyridine rings is 1. The summed E-state index contributed by atoms with van der Waals surface area (Å²) in [6.07, 6.45) is -4.59. The fourth-order valence-electron chi connectivity index (χ4n) is 3.08. The van der Waals surface area contributed by atoms with Crippen LogP contribution >= 0.6 is 0 Å². The van der Waals surface area contributed by atoms with E-state index >= 15 is 0 Å². The first-order valence-electron chi connectivity index (χ1n) is 8.42. The third-order valence-corrected chi connectivity index (χ3v) is 4.66. The summed E-state index contributed by atoms with van der Waals surface area (Å²) in [7, 11) is 4.02. The predicted octanol–water partition coefficient (Wildman–Crippen LogP) is 3.55. The fraction of sp³-hybridized carbons (Fsp3) is 0.200. The zero-order valence-electron chi connectivity index (χ0n) is 15.7. The van der Waals surface area contributed by atoms with Gasteiger partial charge in [-0.05, 0) is 30.3 Å². The van der Waals surface area contributed by atoms with Crippen molar-refractivity contribution in [3.05, 3.63) is 63.9 Å². The topological polar surface area (TPSA) is 71.8 Å². The number of carbonyl (C=O) groups is 1. The number of rotatable bonds is 3. The zero-order valence-corrected chi connectivity index (χ0v) is 15.7. The van der Waals surface area contributed by atoms with Gasteiger partial charge in [-0.2, -0.15) is 13.2 Å². The van der Waals surface area contributed by atoms with Gasteiger partial charge in [-0.15, -0.1) is 0 Å². The number of methoxy groups -OCH3 is 1. The van der Waals surface area contributed by atoms with Gasteiger partial charge in [0, 0.05) is 19.8 Å². The maximum Gasteiger partial charge on any atom is 0.416 e. The van der Waals surface area contributed by atoms with Gasteiger partial charge in [-0.3, -0.25) is 9.59 Å². The second kappa shape index (κ2) is 7.16. The van der Waals surface area contributed by atoms with Gasteiger partial charge in [0.1, 0.15) is 17.1 Å². The molecular weight excluding hydrogens is 389 g/mol. The van der Waals surface area contributed by atoms with Gasteiger partial charge >= 0.3 is 6.18 Å². The first-order valence-corrected chi connectivity index (χ1v) is 8.42. The molecule has 1 N–H and O–H groups in total. The van der Waals surface area contributed by atoms with Gasteiger partial charge in [-0.1, -0.05) is 12.1 Å². The summed E-state index contributed by atoms with van der Waals surface area (Å²) in [5.74, 6) is -1.30. The van der Waals surface area contributed by atoms with Crippen LogP contribution in [0.1, 0.15) is 15.9 Å². The Morgan fingerprint density at radius 1 is 1.17 bits per heavy atom. The number of anilines is 1. The molecule has 0 radical (unpaired) electrons. The second-order valence-electron chi connectivity index (χ2n) is 6.35. The summed E-state index contributed by atoms with van der Waals surface area (Å²) < 4.78 is 45.3. The Kier molecular flexibility index (Phi) is 5.00. The van der Waals surface area contributed by atoms with Crippen LogP contribution in [0, 0.1) is 0 Å². The van der Waals surface area contributed by atoms with Crippen LogP contribution in [0.4, 0.5) is 18.9 Å². The smallest absolute Gasteiger partial charge is 0.416 e. The molecule has 6 nitrogen and oxygen atoms in total. The number of carbonyl (C=O) groups excluding carboxylic acids is 1. The maximum absolute atomic E-state index is 13.0. The van der Waals surface area contributed by atoms with E-state index in [1.165, 1.54) is 31.8 Å². The van der Waals surface area contributed by atoms with Crippen LogP contribution < -0.4 is 15.2 Å². The highest BCUT2D eigenvalue weighted by Crippen LogP contribution is 2.35. The number of nitrogens with zero attached hydrogens (tertiary/aromatic N) is 2. The number of aryl methyl sites for hydroxylation is 1. The standard InChI is InChI=1S/C20H17F3N2O4/c1-24(12-7-4-6-11(10-12)20(21,22)23)18(27)16-17(26)15-13(25(2)19(16)28)8-5-9-14(15)29-3/h4-10,26H,1-3H3. The minimum atomic E-state index is -4.59. The van der Waals surface area contributed by atoms with E-state index in [-0.39, 0.29) is 16.8 Å². The largest absolute Gasteiger partial charge is 0.506 e. The van der Waals surface area contributed by atoms with Gasteiger partial charge in [0.05, 0.1) is 23.6 Å². The maximum atomic E-state index is 13.0. The van der Waals surface area contributed by atoms with Crippen LogP contribution in [-0.2, 0) is 13.2 Å². The molecule has 0 aliphatic rings. The summed E-state index contributed by atoms with van der Waals surface area (Å²) in [4.78, 5) is 26.6. The lowest BCUT2D eigenvalue weighted by molar-refractivity contribution is -0.137. The van der Waals surface area contributed by atoms with Gasteiger partial charge in [0.2, 0.25) is 0 Å². The molecule has 0 atom stereocenters. The van der Waals surface area contributed by atoms with Crippen molar-refractivity contribution in [3.8, 4) is 11.5 Å². The van der Waals surface area contributed by atoms with Crippen molar-refractivity contribution in [2.45, 2.75) is 6.18 Å². The first-order chi connectivity index (χ1) is 13.6. The van der Waals surface area contributed by atoms with E-state index in [9.17, 15) is 27.9 Å². The summed E-state index contributed by atoms with van der Waals surface area (Å²) in [6.45, 7) is 0. The highest BCUT2D eigenvalue weighted by atomic mass is 19.4. The summed E-state index contributed by atoms with van der Waals surface area (Å²) >= 11 is 0. The number of alkyl halides is 3. The van der Waals surface area contributed by atoms with Crippen LogP contribution in [0.2, 0.25) is 0 Å². The molecule has 0 bridgehead atoms. The van der Waals surface area contributed by atoms with Crippen molar-refractivity contribution < 1.29 is 27.8 Å². The average Bonchev–Trinajstić information content (AvgIpc) is 2.70. The van der Waals surface area contributed by atoms with Crippen LogP contribution in [0.15, 0.2) is 47.3 Å². The molecule has 0 aliphatic carbocycles. The van der Waals surface area contributed by atoms with Crippen LogP contribution in [0.5, 0.6) is 11.5 Å². The Balaban J connectivity index is 2.19. The first kappa shape index (κ1) is 20.2. The molecule has 3 aromatic rings. The minimum Gasteiger partial charge on any atom is -0.506 e. The normalized spacial score (nSPS) is 11.5. The quantitative estimate of drug-likeness (QED) is 0.722. The Morgan fingerprint density at radius 3 is 2.45 bits per heavy atom. The number of aromatic nitrogens is 1. The molecule has 1 heterocycles. The molecule has 2 aromatic carbocycles.